The predicted molar refractivity (Wildman–Crippen MR) is 98.8 cm³/mol. The van der Waals surface area contributed by atoms with Gasteiger partial charge in [0.1, 0.15) is 5.82 Å². The zero-order chi connectivity index (χ0) is 18.4. The van der Waals surface area contributed by atoms with E-state index in [0.717, 1.165) is 24.1 Å². The van der Waals surface area contributed by atoms with Crippen LogP contribution < -0.4 is 10.6 Å². The van der Waals surface area contributed by atoms with Crippen molar-refractivity contribution in [3.05, 3.63) is 65.7 Å². The lowest BCUT2D eigenvalue weighted by atomic mass is 10.1. The summed E-state index contributed by atoms with van der Waals surface area (Å²) in [5.41, 5.74) is 2.02. The summed E-state index contributed by atoms with van der Waals surface area (Å²) in [6.45, 7) is 4.40. The van der Waals surface area contributed by atoms with Crippen LogP contribution in [-0.4, -0.2) is 21.0 Å². The average Bonchev–Trinajstić information content (AvgIpc) is 3.30. The fraction of sp³-hybridized carbons (Fsp3) is 0.316. The summed E-state index contributed by atoms with van der Waals surface area (Å²) in [5, 5.41) is 13.9. The molecule has 7 nitrogen and oxygen atoms in total. The monoisotopic (exact) mass is 353 g/mol. The van der Waals surface area contributed by atoms with E-state index >= 15 is 0 Å². The average molecular weight is 353 g/mol. The molecule has 3 aromatic rings. The molecule has 3 rings (SSSR count). The van der Waals surface area contributed by atoms with E-state index in [1.165, 1.54) is 0 Å². The molecule has 0 saturated carbocycles. The first-order chi connectivity index (χ1) is 12.7. The molecule has 2 N–H and O–H groups in total. The topological polar surface area (TPSA) is 85.0 Å². The van der Waals surface area contributed by atoms with Crippen molar-refractivity contribution in [1.82, 2.24) is 20.3 Å². The Morgan fingerprint density at radius 2 is 2.08 bits per heavy atom. The third kappa shape index (κ3) is 4.30. The lowest BCUT2D eigenvalue weighted by molar-refractivity contribution is 0.249. The van der Waals surface area contributed by atoms with Crippen molar-refractivity contribution >= 4 is 11.8 Å². The van der Waals surface area contributed by atoms with E-state index in [0.29, 0.717) is 11.6 Å². The van der Waals surface area contributed by atoms with E-state index in [2.05, 4.69) is 27.8 Å². The van der Waals surface area contributed by atoms with E-state index in [1.54, 1.807) is 16.9 Å². The number of urea groups is 1. The second-order valence-corrected chi connectivity index (χ2v) is 6.09. The van der Waals surface area contributed by atoms with Crippen LogP contribution in [-0.2, 0) is 13.0 Å². The van der Waals surface area contributed by atoms with Crippen LogP contribution in [0.5, 0.6) is 0 Å². The summed E-state index contributed by atoms with van der Waals surface area (Å²) in [4.78, 5) is 12.2. The van der Waals surface area contributed by atoms with Crippen LogP contribution in [0.15, 0.2) is 53.2 Å². The molecule has 136 valence electrons. The van der Waals surface area contributed by atoms with E-state index in [-0.39, 0.29) is 18.6 Å². The minimum absolute atomic E-state index is 0.00683. The van der Waals surface area contributed by atoms with Crippen LogP contribution in [0, 0.1) is 0 Å². The third-order valence-electron chi connectivity index (χ3n) is 4.10. The molecule has 0 saturated heterocycles. The molecule has 7 heteroatoms. The zero-order valence-electron chi connectivity index (χ0n) is 15.0. The van der Waals surface area contributed by atoms with Crippen molar-refractivity contribution in [2.45, 2.75) is 39.3 Å². The van der Waals surface area contributed by atoms with Gasteiger partial charge < -0.3 is 9.84 Å². The van der Waals surface area contributed by atoms with Gasteiger partial charge >= 0.3 is 6.03 Å². The standard InChI is InChI=1S/C19H23N5O2/c1-3-7-16-12-17(26-23-16)13-20-19(25)22-18-10-11-21-24(18)14(2)15-8-5-4-6-9-15/h4-6,8-12,14H,3,7,13H2,1-2H3,(H2,20,22,25). The van der Waals surface area contributed by atoms with Gasteiger partial charge in [-0.2, -0.15) is 5.10 Å². The van der Waals surface area contributed by atoms with Gasteiger partial charge in [-0.1, -0.05) is 48.8 Å². The molecule has 0 fully saturated rings. The highest BCUT2D eigenvalue weighted by atomic mass is 16.5. The van der Waals surface area contributed by atoms with E-state index in [9.17, 15) is 4.79 Å². The lowest BCUT2D eigenvalue weighted by Gasteiger charge is -2.16. The lowest BCUT2D eigenvalue weighted by Crippen LogP contribution is -2.29. The number of benzene rings is 1. The second kappa shape index (κ2) is 8.33. The van der Waals surface area contributed by atoms with Crippen LogP contribution in [0.3, 0.4) is 0 Å². The van der Waals surface area contributed by atoms with E-state index in [4.69, 9.17) is 4.52 Å². The van der Waals surface area contributed by atoms with Crippen LogP contribution in [0.1, 0.15) is 43.3 Å². The van der Waals surface area contributed by atoms with Gasteiger partial charge in [-0.3, -0.25) is 5.32 Å². The first kappa shape index (κ1) is 17.7. The molecule has 0 spiro atoms. The Morgan fingerprint density at radius 1 is 1.27 bits per heavy atom. The summed E-state index contributed by atoms with van der Waals surface area (Å²) >= 11 is 0. The molecule has 0 aliphatic heterocycles. The van der Waals surface area contributed by atoms with Gasteiger partial charge in [0.25, 0.3) is 0 Å². The minimum Gasteiger partial charge on any atom is -0.359 e. The molecule has 2 aromatic heterocycles. The number of amides is 2. The Morgan fingerprint density at radius 3 is 2.85 bits per heavy atom. The molecule has 0 radical (unpaired) electrons. The van der Waals surface area contributed by atoms with Crippen molar-refractivity contribution in [1.29, 1.82) is 0 Å². The van der Waals surface area contributed by atoms with E-state index in [1.807, 2.05) is 43.3 Å². The maximum Gasteiger partial charge on any atom is 0.320 e. The number of anilines is 1. The van der Waals surface area contributed by atoms with Gasteiger partial charge in [-0.15, -0.1) is 0 Å². The molecule has 26 heavy (non-hydrogen) atoms. The Balaban J connectivity index is 1.59. The van der Waals surface area contributed by atoms with E-state index < -0.39 is 0 Å². The molecule has 0 bridgehead atoms. The zero-order valence-corrected chi connectivity index (χ0v) is 15.0. The Labute approximate surface area is 152 Å². The first-order valence-electron chi connectivity index (χ1n) is 8.75. The number of hydrogen-bond acceptors (Lipinski definition) is 4. The third-order valence-corrected chi connectivity index (χ3v) is 4.10. The molecular formula is C19H23N5O2. The first-order valence-corrected chi connectivity index (χ1v) is 8.75. The van der Waals surface area contributed by atoms with Gasteiger partial charge in [0.2, 0.25) is 0 Å². The van der Waals surface area contributed by atoms with Gasteiger partial charge in [-0.05, 0) is 18.9 Å². The summed E-state index contributed by atoms with van der Waals surface area (Å²) in [6.07, 6.45) is 3.54. The van der Waals surface area contributed by atoms with Gasteiger partial charge in [0, 0.05) is 12.1 Å². The van der Waals surface area contributed by atoms with Crippen LogP contribution in [0.2, 0.25) is 0 Å². The van der Waals surface area contributed by atoms with Crippen LogP contribution in [0.25, 0.3) is 0 Å². The van der Waals surface area contributed by atoms with Gasteiger partial charge in [0.15, 0.2) is 5.76 Å². The molecular weight excluding hydrogens is 330 g/mol. The largest absolute Gasteiger partial charge is 0.359 e. The van der Waals surface area contributed by atoms with Crippen molar-refractivity contribution in [3.63, 3.8) is 0 Å². The second-order valence-electron chi connectivity index (χ2n) is 6.09. The summed E-state index contributed by atoms with van der Waals surface area (Å²) in [5.74, 6) is 1.26. The normalized spacial score (nSPS) is 11.9. The van der Waals surface area contributed by atoms with Crippen molar-refractivity contribution in [2.75, 3.05) is 5.32 Å². The van der Waals surface area contributed by atoms with Crippen LogP contribution >= 0.6 is 0 Å². The highest BCUT2D eigenvalue weighted by molar-refractivity contribution is 5.88. The number of aryl methyl sites for hydroxylation is 1. The molecule has 0 aliphatic rings. The predicted octanol–water partition coefficient (Wildman–Crippen LogP) is 3.75. The van der Waals surface area contributed by atoms with Crippen molar-refractivity contribution < 1.29 is 9.32 Å². The smallest absolute Gasteiger partial charge is 0.320 e. The maximum atomic E-state index is 12.2. The molecule has 2 heterocycles. The molecule has 1 atom stereocenters. The number of hydrogen-bond donors (Lipinski definition) is 2. The Kier molecular flexibility index (Phi) is 5.68. The molecule has 2 amide bonds. The number of carbonyl (C=O) groups is 1. The maximum absolute atomic E-state index is 12.2. The number of rotatable bonds is 7. The van der Waals surface area contributed by atoms with Gasteiger partial charge in [0.05, 0.1) is 24.5 Å². The number of nitrogens with zero attached hydrogens (tertiary/aromatic N) is 3. The number of aromatic nitrogens is 3. The highest BCUT2D eigenvalue weighted by Crippen LogP contribution is 2.21. The fourth-order valence-electron chi connectivity index (χ4n) is 2.74. The summed E-state index contributed by atoms with van der Waals surface area (Å²) in [6, 6.07) is 13.3. The van der Waals surface area contributed by atoms with Crippen LogP contribution in [0.4, 0.5) is 10.6 Å². The van der Waals surface area contributed by atoms with Crippen molar-refractivity contribution in [2.24, 2.45) is 0 Å². The molecule has 0 aliphatic carbocycles. The Hall–Kier alpha value is -3.09. The highest BCUT2D eigenvalue weighted by Gasteiger charge is 2.14. The summed E-state index contributed by atoms with van der Waals surface area (Å²) in [7, 11) is 0. The molecule has 1 unspecified atom stereocenters. The SMILES string of the molecule is CCCc1cc(CNC(=O)Nc2ccnn2C(C)c2ccccc2)on1. The number of nitrogens with one attached hydrogen (secondary N) is 2. The number of carbonyl (C=O) groups excluding carboxylic acids is 1. The summed E-state index contributed by atoms with van der Waals surface area (Å²) < 4.78 is 6.99. The quantitative estimate of drug-likeness (QED) is 0.677. The van der Waals surface area contributed by atoms with Gasteiger partial charge in [-0.25, -0.2) is 9.48 Å². The Bertz CT molecular complexity index is 841. The van der Waals surface area contributed by atoms with Crippen molar-refractivity contribution in [3.8, 4) is 0 Å². The fourth-order valence-corrected chi connectivity index (χ4v) is 2.74. The minimum atomic E-state index is -0.319. The molecule has 1 aromatic carbocycles.